The van der Waals surface area contributed by atoms with E-state index < -0.39 is 17.5 Å². The average Bonchev–Trinajstić information content (AvgIpc) is 2.62. The molecule has 1 aromatic carbocycles. The van der Waals surface area contributed by atoms with Crippen LogP contribution in [0.15, 0.2) is 18.3 Å². The molecule has 6 heteroatoms. The first-order valence-electron chi connectivity index (χ1n) is 5.48. The van der Waals surface area contributed by atoms with Gasteiger partial charge in [0.1, 0.15) is 11.4 Å². The zero-order valence-electron chi connectivity index (χ0n) is 10.4. The molecule has 0 saturated heterocycles. The molecule has 0 atom stereocenters. The third-order valence-electron chi connectivity index (χ3n) is 2.16. The van der Waals surface area contributed by atoms with E-state index in [1.54, 1.807) is 27.0 Å². The van der Waals surface area contributed by atoms with Crippen molar-refractivity contribution in [2.45, 2.75) is 26.4 Å². The number of anilines is 1. The first-order valence-corrected chi connectivity index (χ1v) is 5.48. The lowest BCUT2D eigenvalue weighted by Crippen LogP contribution is -2.27. The highest BCUT2D eigenvalue weighted by molar-refractivity contribution is 5.90. The van der Waals surface area contributed by atoms with Gasteiger partial charge >= 0.3 is 6.09 Å². The van der Waals surface area contributed by atoms with Gasteiger partial charge in [-0.3, -0.25) is 10.4 Å². The highest BCUT2D eigenvalue weighted by Gasteiger charge is 2.17. The van der Waals surface area contributed by atoms with Gasteiger partial charge in [0.15, 0.2) is 0 Å². The molecule has 1 amide bonds. The lowest BCUT2D eigenvalue weighted by atomic mass is 10.2. The van der Waals surface area contributed by atoms with E-state index in [-0.39, 0.29) is 5.69 Å². The summed E-state index contributed by atoms with van der Waals surface area (Å²) in [5.74, 6) is -0.544. The maximum Gasteiger partial charge on any atom is 0.412 e. The van der Waals surface area contributed by atoms with Crippen molar-refractivity contribution in [3.8, 4) is 0 Å². The average molecular weight is 251 g/mol. The molecule has 0 aliphatic carbocycles. The molecule has 1 heterocycles. The van der Waals surface area contributed by atoms with Crippen LogP contribution in [0.25, 0.3) is 10.9 Å². The molecule has 1 aromatic heterocycles. The van der Waals surface area contributed by atoms with Crippen molar-refractivity contribution < 1.29 is 13.9 Å². The number of benzene rings is 1. The summed E-state index contributed by atoms with van der Waals surface area (Å²) < 4.78 is 18.7. The van der Waals surface area contributed by atoms with Gasteiger partial charge in [0.25, 0.3) is 0 Å². The van der Waals surface area contributed by atoms with Crippen LogP contribution >= 0.6 is 0 Å². The normalized spacial score (nSPS) is 11.6. The molecule has 0 saturated carbocycles. The Balaban J connectivity index is 2.20. The third-order valence-corrected chi connectivity index (χ3v) is 2.16. The fourth-order valence-electron chi connectivity index (χ4n) is 1.47. The van der Waals surface area contributed by atoms with Crippen LogP contribution in [0.3, 0.4) is 0 Å². The number of H-pyrrole nitrogens is 1. The van der Waals surface area contributed by atoms with Gasteiger partial charge in [-0.15, -0.1) is 0 Å². The van der Waals surface area contributed by atoms with Crippen LogP contribution in [-0.4, -0.2) is 21.9 Å². The molecule has 0 aliphatic heterocycles. The standard InChI is InChI=1S/C12H14FN3O2/c1-12(2,3)18-11(17)15-10-4-7-6-14-16-9(7)5-8(10)13/h4-6H,1-3H3,(H,14,16)(H,15,17). The molecular formula is C12H14FN3O2. The smallest absolute Gasteiger partial charge is 0.412 e. The Morgan fingerprint density at radius 1 is 1.44 bits per heavy atom. The monoisotopic (exact) mass is 251 g/mol. The van der Waals surface area contributed by atoms with Gasteiger partial charge in [0, 0.05) is 11.5 Å². The van der Waals surface area contributed by atoms with Gasteiger partial charge in [-0.25, -0.2) is 9.18 Å². The predicted octanol–water partition coefficient (Wildman–Crippen LogP) is 3.05. The Labute approximate surface area is 103 Å². The zero-order chi connectivity index (χ0) is 13.3. The largest absolute Gasteiger partial charge is 0.444 e. The molecule has 96 valence electrons. The van der Waals surface area contributed by atoms with Gasteiger partial charge in [0.05, 0.1) is 17.4 Å². The van der Waals surface area contributed by atoms with Crippen LogP contribution in [0.2, 0.25) is 0 Å². The van der Waals surface area contributed by atoms with Gasteiger partial charge in [-0.1, -0.05) is 0 Å². The summed E-state index contributed by atoms with van der Waals surface area (Å²) in [4.78, 5) is 11.5. The minimum Gasteiger partial charge on any atom is -0.444 e. The molecule has 0 bridgehead atoms. The van der Waals surface area contributed by atoms with Gasteiger partial charge in [-0.2, -0.15) is 5.10 Å². The van der Waals surface area contributed by atoms with E-state index in [0.29, 0.717) is 10.9 Å². The molecule has 2 rings (SSSR count). The molecule has 0 unspecified atom stereocenters. The predicted molar refractivity (Wildman–Crippen MR) is 65.9 cm³/mol. The molecule has 5 nitrogen and oxygen atoms in total. The lowest BCUT2D eigenvalue weighted by Gasteiger charge is -2.19. The molecule has 0 fully saturated rings. The number of halogens is 1. The number of fused-ring (bicyclic) bond motifs is 1. The molecule has 2 N–H and O–H groups in total. The van der Waals surface area contributed by atoms with Gasteiger partial charge in [0.2, 0.25) is 0 Å². The van der Waals surface area contributed by atoms with Gasteiger partial charge < -0.3 is 4.74 Å². The zero-order valence-corrected chi connectivity index (χ0v) is 10.4. The van der Waals surface area contributed by atoms with E-state index >= 15 is 0 Å². The number of hydrogen-bond acceptors (Lipinski definition) is 3. The van der Waals surface area contributed by atoms with E-state index in [4.69, 9.17) is 4.74 Å². The number of carbonyl (C=O) groups is 1. The highest BCUT2D eigenvalue weighted by atomic mass is 19.1. The number of nitrogens with zero attached hydrogens (tertiary/aromatic N) is 1. The number of hydrogen-bond donors (Lipinski definition) is 2. The van der Waals surface area contributed by atoms with Crippen LogP contribution in [-0.2, 0) is 4.74 Å². The molecule has 0 spiro atoms. The quantitative estimate of drug-likeness (QED) is 0.818. The Morgan fingerprint density at radius 3 is 2.83 bits per heavy atom. The Morgan fingerprint density at radius 2 is 2.17 bits per heavy atom. The van der Waals surface area contributed by atoms with E-state index in [1.165, 1.54) is 12.1 Å². The minimum absolute atomic E-state index is 0.0677. The summed E-state index contributed by atoms with van der Waals surface area (Å²) in [6.45, 7) is 5.21. The van der Waals surface area contributed by atoms with Crippen molar-refractivity contribution in [1.29, 1.82) is 0 Å². The Kier molecular flexibility index (Phi) is 2.94. The van der Waals surface area contributed by atoms with Crippen LogP contribution in [0.5, 0.6) is 0 Å². The topological polar surface area (TPSA) is 67.0 Å². The SMILES string of the molecule is CC(C)(C)OC(=O)Nc1cc2cn[nH]c2cc1F. The molecule has 0 aliphatic rings. The number of amides is 1. The fourth-order valence-corrected chi connectivity index (χ4v) is 1.47. The van der Waals surface area contributed by atoms with Crippen molar-refractivity contribution >= 4 is 22.7 Å². The van der Waals surface area contributed by atoms with Crippen molar-refractivity contribution in [3.05, 3.63) is 24.1 Å². The van der Waals surface area contributed by atoms with E-state index in [9.17, 15) is 9.18 Å². The Hall–Kier alpha value is -2.11. The van der Waals surface area contributed by atoms with E-state index in [1.807, 2.05) is 0 Å². The summed E-state index contributed by atoms with van der Waals surface area (Å²) in [7, 11) is 0. The summed E-state index contributed by atoms with van der Waals surface area (Å²) in [5, 5.41) is 9.51. The van der Waals surface area contributed by atoms with Crippen molar-refractivity contribution in [2.24, 2.45) is 0 Å². The first kappa shape index (κ1) is 12.3. The molecule has 0 radical (unpaired) electrons. The Bertz CT molecular complexity index is 587. The number of ether oxygens (including phenoxy) is 1. The van der Waals surface area contributed by atoms with E-state index in [0.717, 1.165) is 0 Å². The van der Waals surface area contributed by atoms with Crippen LogP contribution in [0.4, 0.5) is 14.9 Å². The number of carbonyl (C=O) groups excluding carboxylic acids is 1. The second kappa shape index (κ2) is 4.29. The summed E-state index contributed by atoms with van der Waals surface area (Å²) in [6.07, 6.45) is 0.860. The van der Waals surface area contributed by atoms with Crippen molar-refractivity contribution in [2.75, 3.05) is 5.32 Å². The second-order valence-corrected chi connectivity index (χ2v) is 4.92. The molecule has 2 aromatic rings. The number of nitrogens with one attached hydrogen (secondary N) is 2. The number of rotatable bonds is 1. The number of aromatic nitrogens is 2. The van der Waals surface area contributed by atoms with Crippen LogP contribution in [0.1, 0.15) is 20.8 Å². The first-order chi connectivity index (χ1) is 8.35. The van der Waals surface area contributed by atoms with Crippen molar-refractivity contribution in [1.82, 2.24) is 10.2 Å². The fraction of sp³-hybridized carbons (Fsp3) is 0.333. The van der Waals surface area contributed by atoms with Crippen LogP contribution in [0, 0.1) is 5.82 Å². The lowest BCUT2D eigenvalue weighted by molar-refractivity contribution is 0.0635. The summed E-state index contributed by atoms with van der Waals surface area (Å²) in [5.41, 5.74) is 0.0145. The summed E-state index contributed by atoms with van der Waals surface area (Å²) >= 11 is 0. The summed E-state index contributed by atoms with van der Waals surface area (Å²) in [6, 6.07) is 2.77. The van der Waals surface area contributed by atoms with Crippen LogP contribution < -0.4 is 5.32 Å². The maximum atomic E-state index is 13.7. The van der Waals surface area contributed by atoms with E-state index in [2.05, 4.69) is 15.5 Å². The van der Waals surface area contributed by atoms with Gasteiger partial charge in [-0.05, 0) is 26.8 Å². The molecular weight excluding hydrogens is 237 g/mol. The third kappa shape index (κ3) is 2.77. The maximum absolute atomic E-state index is 13.7. The number of aromatic amines is 1. The second-order valence-electron chi connectivity index (χ2n) is 4.92. The minimum atomic E-state index is -0.691. The van der Waals surface area contributed by atoms with Crippen molar-refractivity contribution in [3.63, 3.8) is 0 Å². The molecule has 18 heavy (non-hydrogen) atoms. The highest BCUT2D eigenvalue weighted by Crippen LogP contribution is 2.21.